The number of nitrogens with zero attached hydrogens (tertiary/aromatic N) is 2. The standard InChI is InChI=1S/C26H20N2O3.C4H10O/c1-14-3-4-17-20(21(14)13-27)11-15(2)19(12-23(29)30)25(17)18-5-6-22-24-16(8-10-31-22)7-9-28-26(18)24;1-4(2,3)5/h3-7,9,11H,8,10,12H2,1-2H3,(H,29,30);5H,1-3H3. The number of aromatic nitrogens is 1. The molecule has 4 aromatic rings. The van der Waals surface area contributed by atoms with Gasteiger partial charge in [0, 0.05) is 29.0 Å². The number of carboxylic acid groups (broad SMARTS) is 1. The molecule has 3 aromatic carbocycles. The van der Waals surface area contributed by atoms with Crippen molar-refractivity contribution in [2.24, 2.45) is 0 Å². The fourth-order valence-corrected chi connectivity index (χ4v) is 4.70. The Labute approximate surface area is 210 Å². The van der Waals surface area contributed by atoms with Crippen LogP contribution in [0.3, 0.4) is 0 Å². The van der Waals surface area contributed by atoms with Gasteiger partial charge in [0.1, 0.15) is 11.8 Å². The number of nitriles is 1. The Morgan fingerprint density at radius 2 is 1.83 bits per heavy atom. The number of pyridine rings is 1. The van der Waals surface area contributed by atoms with E-state index >= 15 is 0 Å². The Hall–Kier alpha value is -3.95. The summed E-state index contributed by atoms with van der Waals surface area (Å²) >= 11 is 0. The summed E-state index contributed by atoms with van der Waals surface area (Å²) in [5.74, 6) is -0.0891. The largest absolute Gasteiger partial charge is 0.493 e. The lowest BCUT2D eigenvalue weighted by Crippen LogP contribution is -2.10. The van der Waals surface area contributed by atoms with Crippen LogP contribution in [-0.2, 0) is 17.6 Å². The summed E-state index contributed by atoms with van der Waals surface area (Å²) in [7, 11) is 0. The highest BCUT2D eigenvalue weighted by Crippen LogP contribution is 2.43. The Kier molecular flexibility index (Phi) is 6.71. The molecule has 1 aromatic heterocycles. The lowest BCUT2D eigenvalue weighted by molar-refractivity contribution is -0.136. The molecule has 0 saturated heterocycles. The third-order valence-electron chi connectivity index (χ3n) is 6.14. The number of fused-ring (bicyclic) bond motifs is 1. The van der Waals surface area contributed by atoms with Gasteiger partial charge in [-0.1, -0.05) is 12.1 Å². The Morgan fingerprint density at radius 1 is 1.11 bits per heavy atom. The zero-order valence-electron chi connectivity index (χ0n) is 21.3. The SMILES string of the molecule is CC(C)(C)O.Cc1cc2c(C#N)c(C)ccc2c(-c2ccc3c4c(ccnc24)CCO3)c1CC(=O)O. The van der Waals surface area contributed by atoms with Crippen molar-refractivity contribution >= 4 is 27.6 Å². The first kappa shape index (κ1) is 25.2. The molecule has 0 aliphatic carbocycles. The Bertz CT molecular complexity index is 1530. The molecular weight excluding hydrogens is 452 g/mol. The predicted molar refractivity (Wildman–Crippen MR) is 141 cm³/mol. The van der Waals surface area contributed by atoms with E-state index in [1.54, 1.807) is 27.0 Å². The molecule has 0 fully saturated rings. The zero-order chi connectivity index (χ0) is 26.2. The minimum Gasteiger partial charge on any atom is -0.493 e. The molecule has 1 aliphatic heterocycles. The van der Waals surface area contributed by atoms with Crippen molar-refractivity contribution in [2.45, 2.75) is 53.1 Å². The van der Waals surface area contributed by atoms with Gasteiger partial charge in [0.2, 0.25) is 0 Å². The smallest absolute Gasteiger partial charge is 0.307 e. The first-order chi connectivity index (χ1) is 17.0. The molecule has 36 heavy (non-hydrogen) atoms. The van der Waals surface area contributed by atoms with E-state index < -0.39 is 11.6 Å². The van der Waals surface area contributed by atoms with Crippen molar-refractivity contribution in [1.82, 2.24) is 4.98 Å². The average Bonchev–Trinajstić information content (AvgIpc) is 2.79. The van der Waals surface area contributed by atoms with E-state index in [0.29, 0.717) is 12.2 Å². The summed E-state index contributed by atoms with van der Waals surface area (Å²) in [5.41, 5.74) is 6.28. The van der Waals surface area contributed by atoms with Crippen LogP contribution in [0.25, 0.3) is 32.8 Å². The van der Waals surface area contributed by atoms with Crippen LogP contribution in [0.4, 0.5) is 0 Å². The molecule has 0 atom stereocenters. The fourth-order valence-electron chi connectivity index (χ4n) is 4.70. The molecule has 2 heterocycles. The van der Waals surface area contributed by atoms with Crippen LogP contribution in [0, 0.1) is 25.2 Å². The van der Waals surface area contributed by atoms with Gasteiger partial charge in [-0.3, -0.25) is 9.78 Å². The second-order valence-electron chi connectivity index (χ2n) is 10.2. The summed E-state index contributed by atoms with van der Waals surface area (Å²) in [6.45, 7) is 9.69. The van der Waals surface area contributed by atoms with Gasteiger partial charge in [0.25, 0.3) is 0 Å². The number of aryl methyl sites for hydroxylation is 2. The zero-order valence-corrected chi connectivity index (χ0v) is 21.3. The maximum absolute atomic E-state index is 11.8. The van der Waals surface area contributed by atoms with E-state index in [0.717, 1.165) is 61.7 Å². The van der Waals surface area contributed by atoms with Gasteiger partial charge in [-0.05, 0) is 92.1 Å². The highest BCUT2D eigenvalue weighted by Gasteiger charge is 2.23. The molecule has 0 bridgehead atoms. The van der Waals surface area contributed by atoms with Crippen molar-refractivity contribution < 1.29 is 19.7 Å². The van der Waals surface area contributed by atoms with E-state index in [9.17, 15) is 15.2 Å². The third-order valence-corrected chi connectivity index (χ3v) is 6.14. The molecule has 0 saturated carbocycles. The van der Waals surface area contributed by atoms with Crippen LogP contribution in [0.1, 0.15) is 48.6 Å². The second kappa shape index (κ2) is 9.60. The maximum atomic E-state index is 11.8. The number of aliphatic hydroxyl groups is 1. The number of rotatable bonds is 3. The minimum absolute atomic E-state index is 0.105. The molecule has 6 nitrogen and oxygen atoms in total. The van der Waals surface area contributed by atoms with Gasteiger partial charge in [0.15, 0.2) is 0 Å². The lowest BCUT2D eigenvalue weighted by Gasteiger charge is -2.22. The third kappa shape index (κ3) is 4.89. The van der Waals surface area contributed by atoms with Crippen molar-refractivity contribution in [3.05, 3.63) is 70.4 Å². The molecule has 184 valence electrons. The summed E-state index contributed by atoms with van der Waals surface area (Å²) in [6, 6.07) is 14.1. The summed E-state index contributed by atoms with van der Waals surface area (Å²) in [6.07, 6.45) is 2.51. The van der Waals surface area contributed by atoms with Crippen LogP contribution in [-0.4, -0.2) is 33.4 Å². The summed E-state index contributed by atoms with van der Waals surface area (Å²) in [5, 5.41) is 30.6. The molecule has 0 amide bonds. The molecular formula is C30H30N2O4. The Balaban J connectivity index is 0.000000556. The molecule has 5 rings (SSSR count). The van der Waals surface area contributed by atoms with Gasteiger partial charge < -0.3 is 14.9 Å². The van der Waals surface area contributed by atoms with Crippen molar-refractivity contribution in [3.63, 3.8) is 0 Å². The van der Waals surface area contributed by atoms with E-state index in [-0.39, 0.29) is 6.42 Å². The van der Waals surface area contributed by atoms with Gasteiger partial charge in [0.05, 0.1) is 29.7 Å². The molecule has 2 N–H and O–H groups in total. The number of hydrogen-bond donors (Lipinski definition) is 2. The normalized spacial score (nSPS) is 12.5. The molecule has 0 unspecified atom stereocenters. The van der Waals surface area contributed by atoms with Gasteiger partial charge in [-0.25, -0.2) is 0 Å². The van der Waals surface area contributed by atoms with Crippen LogP contribution < -0.4 is 4.74 Å². The molecule has 6 heteroatoms. The number of carboxylic acids is 1. The van der Waals surface area contributed by atoms with Gasteiger partial charge in [-0.2, -0.15) is 5.26 Å². The van der Waals surface area contributed by atoms with E-state index in [4.69, 9.17) is 9.84 Å². The number of ether oxygens (including phenoxy) is 1. The van der Waals surface area contributed by atoms with Crippen LogP contribution >= 0.6 is 0 Å². The monoisotopic (exact) mass is 482 g/mol. The summed E-state index contributed by atoms with van der Waals surface area (Å²) < 4.78 is 5.87. The molecule has 0 spiro atoms. The highest BCUT2D eigenvalue weighted by molar-refractivity contribution is 6.09. The van der Waals surface area contributed by atoms with Gasteiger partial charge >= 0.3 is 5.97 Å². The lowest BCUT2D eigenvalue weighted by atomic mass is 9.85. The quantitative estimate of drug-likeness (QED) is 0.378. The van der Waals surface area contributed by atoms with Crippen LogP contribution in [0.2, 0.25) is 0 Å². The highest BCUT2D eigenvalue weighted by atomic mass is 16.5. The van der Waals surface area contributed by atoms with Crippen LogP contribution in [0.15, 0.2) is 42.6 Å². The van der Waals surface area contributed by atoms with Gasteiger partial charge in [-0.15, -0.1) is 0 Å². The minimum atomic E-state index is -0.893. The van der Waals surface area contributed by atoms with Crippen LogP contribution in [0.5, 0.6) is 5.75 Å². The van der Waals surface area contributed by atoms with E-state index in [1.165, 1.54) is 5.56 Å². The Morgan fingerprint density at radius 3 is 2.50 bits per heavy atom. The number of aliphatic carboxylic acids is 1. The average molecular weight is 483 g/mol. The number of hydrogen-bond acceptors (Lipinski definition) is 5. The maximum Gasteiger partial charge on any atom is 0.307 e. The topological polar surface area (TPSA) is 103 Å². The second-order valence-corrected chi connectivity index (χ2v) is 10.2. The number of carbonyl (C=O) groups is 1. The van der Waals surface area contributed by atoms with Crippen molar-refractivity contribution in [2.75, 3.05) is 6.61 Å². The number of benzene rings is 3. The first-order valence-electron chi connectivity index (χ1n) is 11.9. The van der Waals surface area contributed by atoms with Crippen molar-refractivity contribution in [3.8, 4) is 22.9 Å². The molecule has 1 aliphatic rings. The van der Waals surface area contributed by atoms with E-state index in [1.807, 2.05) is 50.2 Å². The molecule has 0 radical (unpaired) electrons. The van der Waals surface area contributed by atoms with E-state index in [2.05, 4.69) is 11.1 Å². The summed E-state index contributed by atoms with van der Waals surface area (Å²) in [4.78, 5) is 16.4. The predicted octanol–water partition coefficient (Wildman–Crippen LogP) is 5.88. The van der Waals surface area contributed by atoms with Crippen molar-refractivity contribution in [1.29, 1.82) is 5.26 Å². The fraction of sp³-hybridized carbons (Fsp3) is 0.300. The first-order valence-corrected chi connectivity index (χ1v) is 11.9.